The Labute approximate surface area is 98.1 Å². The second kappa shape index (κ2) is 4.76. The number of hydrogen-bond acceptors (Lipinski definition) is 4. The van der Waals surface area contributed by atoms with Crippen molar-refractivity contribution in [3.63, 3.8) is 0 Å². The molecule has 2 fully saturated rings. The molecule has 2 atom stereocenters. The predicted octanol–water partition coefficient (Wildman–Crippen LogP) is 0.0569. The van der Waals surface area contributed by atoms with E-state index in [1.165, 1.54) is 4.90 Å². The van der Waals surface area contributed by atoms with E-state index >= 15 is 0 Å². The minimum Gasteiger partial charge on any atom is -0.426 e. The van der Waals surface area contributed by atoms with E-state index in [1.807, 2.05) is 0 Å². The molecule has 17 heavy (non-hydrogen) atoms. The summed E-state index contributed by atoms with van der Waals surface area (Å²) < 4.78 is 41.7. The maximum absolute atomic E-state index is 14.0. The van der Waals surface area contributed by atoms with Crippen LogP contribution < -0.4 is 0 Å². The fourth-order valence-electron chi connectivity index (χ4n) is 2.69. The highest BCUT2D eigenvalue weighted by molar-refractivity contribution is 6.41. The molecule has 2 rings (SSSR count). The van der Waals surface area contributed by atoms with Gasteiger partial charge in [0.25, 0.3) is 0 Å². The SMILES string of the molecule is OB(O)CN1[C@H](F)CN2CCCCC2C1(F)F. The summed E-state index contributed by atoms with van der Waals surface area (Å²) >= 11 is 0. The van der Waals surface area contributed by atoms with Gasteiger partial charge in [0.1, 0.15) is 0 Å². The van der Waals surface area contributed by atoms with Gasteiger partial charge in [-0.1, -0.05) is 6.42 Å². The summed E-state index contributed by atoms with van der Waals surface area (Å²) in [6.07, 6.45) is -0.803. The first-order valence-electron chi connectivity index (χ1n) is 5.81. The first kappa shape index (κ1) is 13.1. The molecule has 2 N–H and O–H groups in total. The van der Waals surface area contributed by atoms with E-state index in [0.29, 0.717) is 19.4 Å². The van der Waals surface area contributed by atoms with Gasteiger partial charge in [-0.15, -0.1) is 0 Å². The molecule has 0 saturated carbocycles. The summed E-state index contributed by atoms with van der Waals surface area (Å²) in [6, 6.07) is -4.36. The molecule has 0 bridgehead atoms. The molecule has 98 valence electrons. The first-order valence-corrected chi connectivity index (χ1v) is 5.81. The Bertz CT molecular complexity index is 283. The lowest BCUT2D eigenvalue weighted by Gasteiger charge is -2.50. The lowest BCUT2D eigenvalue weighted by molar-refractivity contribution is -0.261. The molecule has 0 aliphatic carbocycles. The molecule has 2 aliphatic heterocycles. The topological polar surface area (TPSA) is 46.9 Å². The molecule has 2 aliphatic rings. The van der Waals surface area contributed by atoms with E-state index in [1.54, 1.807) is 0 Å². The van der Waals surface area contributed by atoms with Gasteiger partial charge in [0, 0.05) is 13.0 Å². The maximum atomic E-state index is 14.0. The molecule has 8 heteroatoms. The Hall–Kier alpha value is -0.305. The van der Waals surface area contributed by atoms with Crippen LogP contribution >= 0.6 is 0 Å². The van der Waals surface area contributed by atoms with Crippen LogP contribution in [0.2, 0.25) is 0 Å². The van der Waals surface area contributed by atoms with Crippen molar-refractivity contribution in [3.05, 3.63) is 0 Å². The molecule has 0 radical (unpaired) electrons. The average molecular weight is 252 g/mol. The van der Waals surface area contributed by atoms with Crippen LogP contribution in [0.15, 0.2) is 0 Å². The summed E-state index contributed by atoms with van der Waals surface area (Å²) in [4.78, 5) is 1.73. The van der Waals surface area contributed by atoms with Gasteiger partial charge in [-0.25, -0.2) is 9.29 Å². The number of rotatable bonds is 2. The normalized spacial score (nSPS) is 34.4. The van der Waals surface area contributed by atoms with Crippen LogP contribution in [0, 0.1) is 0 Å². The Morgan fingerprint density at radius 1 is 1.29 bits per heavy atom. The fourth-order valence-corrected chi connectivity index (χ4v) is 2.69. The van der Waals surface area contributed by atoms with E-state index in [2.05, 4.69) is 0 Å². The van der Waals surface area contributed by atoms with Crippen LogP contribution in [0.25, 0.3) is 0 Å². The van der Waals surface area contributed by atoms with Gasteiger partial charge < -0.3 is 10.0 Å². The molecule has 0 spiro atoms. The van der Waals surface area contributed by atoms with Crippen LogP contribution in [0.1, 0.15) is 19.3 Å². The van der Waals surface area contributed by atoms with Gasteiger partial charge in [-0.05, 0) is 19.4 Å². The van der Waals surface area contributed by atoms with E-state index in [0.717, 1.165) is 6.42 Å². The Balaban J connectivity index is 2.16. The smallest absolute Gasteiger partial charge is 0.426 e. The zero-order valence-electron chi connectivity index (χ0n) is 9.40. The van der Waals surface area contributed by atoms with Crippen LogP contribution in [0.5, 0.6) is 0 Å². The number of piperidine rings is 1. The summed E-state index contributed by atoms with van der Waals surface area (Å²) in [5.74, 6) is 0. The highest BCUT2D eigenvalue weighted by atomic mass is 19.3. The molecule has 0 aromatic rings. The summed E-state index contributed by atoms with van der Waals surface area (Å²) in [6.45, 7) is 0.392. The maximum Gasteiger partial charge on any atom is 0.466 e. The molecule has 2 heterocycles. The van der Waals surface area contributed by atoms with Gasteiger partial charge in [0.05, 0.1) is 6.04 Å². The second-order valence-electron chi connectivity index (χ2n) is 4.66. The average Bonchev–Trinajstić information content (AvgIpc) is 2.24. The van der Waals surface area contributed by atoms with Gasteiger partial charge in [-0.2, -0.15) is 8.78 Å². The molecule has 1 unspecified atom stereocenters. The van der Waals surface area contributed by atoms with E-state index in [9.17, 15) is 13.2 Å². The minimum absolute atomic E-state index is 0.0903. The Kier molecular flexibility index (Phi) is 3.67. The number of fused-ring (bicyclic) bond motifs is 1. The molecule has 4 nitrogen and oxygen atoms in total. The second-order valence-corrected chi connectivity index (χ2v) is 4.66. The van der Waals surface area contributed by atoms with Crippen LogP contribution in [0.4, 0.5) is 13.2 Å². The van der Waals surface area contributed by atoms with Gasteiger partial charge in [0.15, 0.2) is 6.30 Å². The van der Waals surface area contributed by atoms with Gasteiger partial charge in [0.2, 0.25) is 0 Å². The number of nitrogens with zero attached hydrogens (tertiary/aromatic N) is 2. The minimum atomic E-state index is -3.35. The highest BCUT2D eigenvalue weighted by Gasteiger charge is 2.56. The lowest BCUT2D eigenvalue weighted by atomic mass is 9.88. The Morgan fingerprint density at radius 3 is 2.65 bits per heavy atom. The standard InChI is InChI=1S/C9H16BF3N2O2/c11-8-5-14-4-2-1-3-7(14)9(12,13)15(8)6-10(16)17/h7-8,16-17H,1-6H2/t7?,8-/m0/s1. The molecular formula is C9H16BF3N2O2. The van der Waals surface area contributed by atoms with Crippen molar-refractivity contribution in [1.82, 2.24) is 9.80 Å². The molecular weight excluding hydrogens is 236 g/mol. The van der Waals surface area contributed by atoms with Crippen molar-refractivity contribution >= 4 is 7.12 Å². The van der Waals surface area contributed by atoms with Crippen molar-refractivity contribution in [2.45, 2.75) is 37.6 Å². The Morgan fingerprint density at radius 2 is 2.00 bits per heavy atom. The first-order chi connectivity index (χ1) is 7.93. The number of piperazine rings is 1. The van der Waals surface area contributed by atoms with Crippen molar-refractivity contribution < 1.29 is 23.2 Å². The number of hydrogen-bond donors (Lipinski definition) is 2. The zero-order chi connectivity index (χ0) is 12.6. The molecule has 2 saturated heterocycles. The molecule has 0 amide bonds. The van der Waals surface area contributed by atoms with E-state index < -0.39 is 31.9 Å². The summed E-state index contributed by atoms with van der Waals surface area (Å²) in [7, 11) is -1.95. The van der Waals surface area contributed by atoms with Crippen molar-refractivity contribution in [2.75, 3.05) is 19.5 Å². The summed E-state index contributed by atoms with van der Waals surface area (Å²) in [5.41, 5.74) is 0. The van der Waals surface area contributed by atoms with Crippen molar-refractivity contribution in [2.24, 2.45) is 0 Å². The third-order valence-electron chi connectivity index (χ3n) is 3.48. The number of alkyl halides is 3. The molecule has 0 aromatic carbocycles. The van der Waals surface area contributed by atoms with Gasteiger partial charge >= 0.3 is 13.2 Å². The van der Waals surface area contributed by atoms with E-state index in [-0.39, 0.29) is 11.4 Å². The van der Waals surface area contributed by atoms with Gasteiger partial charge in [-0.3, -0.25) is 4.90 Å². The van der Waals surface area contributed by atoms with Crippen molar-refractivity contribution in [1.29, 1.82) is 0 Å². The number of halogens is 3. The monoisotopic (exact) mass is 252 g/mol. The van der Waals surface area contributed by atoms with E-state index in [4.69, 9.17) is 10.0 Å². The predicted molar refractivity (Wildman–Crippen MR) is 56.0 cm³/mol. The third kappa shape index (κ3) is 2.45. The highest BCUT2D eigenvalue weighted by Crippen LogP contribution is 2.39. The van der Waals surface area contributed by atoms with Crippen LogP contribution in [0.3, 0.4) is 0 Å². The summed E-state index contributed by atoms with van der Waals surface area (Å²) in [5, 5.41) is 17.5. The van der Waals surface area contributed by atoms with Crippen LogP contribution in [-0.2, 0) is 0 Å². The molecule has 0 aromatic heterocycles. The van der Waals surface area contributed by atoms with Crippen LogP contribution in [-0.4, -0.2) is 64.9 Å². The fraction of sp³-hybridized carbons (Fsp3) is 1.00. The van der Waals surface area contributed by atoms with Crippen molar-refractivity contribution in [3.8, 4) is 0 Å². The zero-order valence-corrected chi connectivity index (χ0v) is 9.40. The largest absolute Gasteiger partial charge is 0.466 e. The third-order valence-corrected chi connectivity index (χ3v) is 3.48. The quantitative estimate of drug-likeness (QED) is 0.538. The lowest BCUT2D eigenvalue weighted by Crippen LogP contribution is -2.69.